The minimum absolute atomic E-state index is 0.255. The molecule has 0 saturated heterocycles. The molecule has 2 aromatic heterocycles. The second kappa shape index (κ2) is 4.98. The molecule has 4 nitrogen and oxygen atoms in total. The molecule has 2 rings (SSSR count). The number of carboxylic acids is 1. The van der Waals surface area contributed by atoms with Crippen LogP contribution in [-0.4, -0.2) is 21.0 Å². The fourth-order valence-electron chi connectivity index (χ4n) is 2.10. The van der Waals surface area contributed by atoms with E-state index in [2.05, 4.69) is 9.97 Å². The summed E-state index contributed by atoms with van der Waals surface area (Å²) in [6, 6.07) is 3.36. The van der Waals surface area contributed by atoms with Gasteiger partial charge in [-0.05, 0) is 26.0 Å². The van der Waals surface area contributed by atoms with E-state index in [0.29, 0.717) is 5.69 Å². The zero-order valence-electron chi connectivity index (χ0n) is 12.3. The summed E-state index contributed by atoms with van der Waals surface area (Å²) in [5.41, 5.74) is 2.10. The highest BCUT2D eigenvalue weighted by Crippen LogP contribution is 2.30. The number of carbonyl (C=O) groups is 1. The summed E-state index contributed by atoms with van der Waals surface area (Å²) in [6.45, 7) is 9.85. The molecule has 0 aromatic carbocycles. The van der Waals surface area contributed by atoms with Crippen LogP contribution < -0.4 is 0 Å². The third-order valence-corrected chi connectivity index (χ3v) is 3.87. The van der Waals surface area contributed by atoms with Gasteiger partial charge in [-0.2, -0.15) is 0 Å². The van der Waals surface area contributed by atoms with E-state index in [0.717, 1.165) is 21.3 Å². The number of hydrogen-bond acceptors (Lipinski definition) is 4. The maximum atomic E-state index is 11.3. The van der Waals surface area contributed by atoms with Crippen molar-refractivity contribution in [1.82, 2.24) is 9.97 Å². The summed E-state index contributed by atoms with van der Waals surface area (Å²) in [6.07, 6.45) is 0. The molecular weight excluding hydrogens is 272 g/mol. The van der Waals surface area contributed by atoms with Crippen LogP contribution in [-0.2, 0) is 5.41 Å². The molecule has 0 bridgehead atoms. The molecule has 0 fully saturated rings. The molecule has 0 aliphatic heterocycles. The molecule has 20 heavy (non-hydrogen) atoms. The number of aromatic carboxylic acids is 1. The molecule has 2 aromatic rings. The van der Waals surface area contributed by atoms with Crippen molar-refractivity contribution in [2.45, 2.75) is 40.0 Å². The summed E-state index contributed by atoms with van der Waals surface area (Å²) in [7, 11) is 0. The van der Waals surface area contributed by atoms with E-state index in [-0.39, 0.29) is 11.0 Å². The predicted molar refractivity (Wildman–Crippen MR) is 80.5 cm³/mol. The first-order valence-corrected chi connectivity index (χ1v) is 7.21. The van der Waals surface area contributed by atoms with Gasteiger partial charge in [0.1, 0.15) is 5.69 Å². The Morgan fingerprint density at radius 1 is 1.20 bits per heavy atom. The van der Waals surface area contributed by atoms with Crippen molar-refractivity contribution in [2.75, 3.05) is 0 Å². The van der Waals surface area contributed by atoms with Crippen molar-refractivity contribution in [3.63, 3.8) is 0 Å². The molecule has 0 unspecified atom stereocenters. The van der Waals surface area contributed by atoms with Gasteiger partial charge in [0.05, 0.1) is 22.0 Å². The highest BCUT2D eigenvalue weighted by atomic mass is 32.1. The van der Waals surface area contributed by atoms with Gasteiger partial charge in [-0.25, -0.2) is 14.8 Å². The lowest BCUT2D eigenvalue weighted by molar-refractivity contribution is 0.0693. The molecule has 1 N–H and O–H groups in total. The van der Waals surface area contributed by atoms with Gasteiger partial charge >= 0.3 is 5.97 Å². The lowest BCUT2D eigenvalue weighted by Crippen LogP contribution is -2.19. The Labute approximate surface area is 122 Å². The van der Waals surface area contributed by atoms with Crippen LogP contribution in [0, 0.1) is 13.8 Å². The average molecular weight is 290 g/mol. The Balaban J connectivity index is 2.64. The fourth-order valence-corrected chi connectivity index (χ4v) is 2.93. The van der Waals surface area contributed by atoms with Crippen molar-refractivity contribution in [3.8, 4) is 11.4 Å². The van der Waals surface area contributed by atoms with E-state index < -0.39 is 5.97 Å². The number of pyridine rings is 1. The van der Waals surface area contributed by atoms with Crippen molar-refractivity contribution in [2.24, 2.45) is 0 Å². The van der Waals surface area contributed by atoms with Gasteiger partial charge in [-0.15, -0.1) is 11.3 Å². The molecule has 5 heteroatoms. The first-order chi connectivity index (χ1) is 9.20. The third-order valence-electron chi connectivity index (χ3n) is 2.98. The standard InChI is InChI=1S/C15H18N2O2S/c1-8-12(16-9(2)20-8)11-7-6-10(14(18)19)13(17-11)15(3,4)5/h6-7H,1-5H3,(H,18,19). The smallest absolute Gasteiger partial charge is 0.337 e. The van der Waals surface area contributed by atoms with Crippen molar-refractivity contribution < 1.29 is 9.90 Å². The molecule has 0 aliphatic carbocycles. The topological polar surface area (TPSA) is 63.1 Å². The number of nitrogens with zero attached hydrogens (tertiary/aromatic N) is 2. The highest BCUT2D eigenvalue weighted by Gasteiger charge is 2.24. The van der Waals surface area contributed by atoms with Crippen LogP contribution in [0.25, 0.3) is 11.4 Å². The Kier molecular flexibility index (Phi) is 3.65. The molecule has 0 amide bonds. The summed E-state index contributed by atoms with van der Waals surface area (Å²) in [5, 5.41) is 10.3. The van der Waals surface area contributed by atoms with Crippen LogP contribution >= 0.6 is 11.3 Å². The minimum Gasteiger partial charge on any atom is -0.478 e. The zero-order valence-corrected chi connectivity index (χ0v) is 13.1. The molecule has 106 valence electrons. The van der Waals surface area contributed by atoms with Gasteiger partial charge in [-0.1, -0.05) is 20.8 Å². The van der Waals surface area contributed by atoms with Crippen LogP contribution in [0.4, 0.5) is 0 Å². The zero-order chi connectivity index (χ0) is 15.1. The van der Waals surface area contributed by atoms with Crippen LogP contribution in [0.2, 0.25) is 0 Å². The van der Waals surface area contributed by atoms with Crippen molar-refractivity contribution in [1.29, 1.82) is 0 Å². The van der Waals surface area contributed by atoms with Crippen LogP contribution in [0.5, 0.6) is 0 Å². The third kappa shape index (κ3) is 2.72. The van der Waals surface area contributed by atoms with Gasteiger partial charge in [0.15, 0.2) is 0 Å². The molecule has 0 atom stereocenters. The Hall–Kier alpha value is -1.75. The largest absolute Gasteiger partial charge is 0.478 e. The van der Waals surface area contributed by atoms with E-state index in [1.165, 1.54) is 0 Å². The maximum Gasteiger partial charge on any atom is 0.337 e. The van der Waals surface area contributed by atoms with E-state index in [1.54, 1.807) is 23.5 Å². The van der Waals surface area contributed by atoms with Gasteiger partial charge in [-0.3, -0.25) is 0 Å². The average Bonchev–Trinajstić information content (AvgIpc) is 2.66. The molecule has 2 heterocycles. The molecule has 0 aliphatic rings. The van der Waals surface area contributed by atoms with Crippen LogP contribution in [0.1, 0.15) is 46.7 Å². The molecular formula is C15H18N2O2S. The summed E-state index contributed by atoms with van der Waals surface area (Å²) < 4.78 is 0. The second-order valence-electron chi connectivity index (χ2n) is 5.79. The van der Waals surface area contributed by atoms with E-state index >= 15 is 0 Å². The van der Waals surface area contributed by atoms with Gasteiger partial charge < -0.3 is 5.11 Å². The van der Waals surface area contributed by atoms with E-state index in [9.17, 15) is 9.90 Å². The lowest BCUT2D eigenvalue weighted by Gasteiger charge is -2.20. The minimum atomic E-state index is -0.944. The predicted octanol–water partition coefficient (Wildman–Crippen LogP) is 3.82. The number of rotatable bonds is 2. The lowest BCUT2D eigenvalue weighted by atomic mass is 9.88. The second-order valence-corrected chi connectivity index (χ2v) is 7.19. The maximum absolute atomic E-state index is 11.3. The van der Waals surface area contributed by atoms with Crippen molar-refractivity contribution >= 4 is 17.3 Å². The number of carboxylic acid groups (broad SMARTS) is 1. The Morgan fingerprint density at radius 3 is 2.30 bits per heavy atom. The van der Waals surface area contributed by atoms with Crippen LogP contribution in [0.3, 0.4) is 0 Å². The Bertz CT molecular complexity index is 669. The monoisotopic (exact) mass is 290 g/mol. The highest BCUT2D eigenvalue weighted by molar-refractivity contribution is 7.11. The molecule has 0 saturated carbocycles. The Morgan fingerprint density at radius 2 is 1.85 bits per heavy atom. The molecule has 0 radical (unpaired) electrons. The molecule has 0 spiro atoms. The van der Waals surface area contributed by atoms with E-state index in [1.807, 2.05) is 34.6 Å². The number of aromatic nitrogens is 2. The van der Waals surface area contributed by atoms with Gasteiger partial charge in [0, 0.05) is 10.3 Å². The van der Waals surface area contributed by atoms with Crippen LogP contribution in [0.15, 0.2) is 12.1 Å². The van der Waals surface area contributed by atoms with Gasteiger partial charge in [0.2, 0.25) is 0 Å². The summed E-state index contributed by atoms with van der Waals surface area (Å²) in [5.74, 6) is -0.944. The summed E-state index contributed by atoms with van der Waals surface area (Å²) >= 11 is 1.62. The van der Waals surface area contributed by atoms with Crippen molar-refractivity contribution in [3.05, 3.63) is 33.3 Å². The van der Waals surface area contributed by atoms with E-state index in [4.69, 9.17) is 0 Å². The fraction of sp³-hybridized carbons (Fsp3) is 0.400. The number of aryl methyl sites for hydroxylation is 2. The van der Waals surface area contributed by atoms with Gasteiger partial charge in [0.25, 0.3) is 0 Å². The SMILES string of the molecule is Cc1nc(-c2ccc(C(=O)O)c(C(C)(C)C)n2)c(C)s1. The number of thiazole rings is 1. The summed E-state index contributed by atoms with van der Waals surface area (Å²) in [4.78, 5) is 21.5. The first kappa shape index (κ1) is 14.7. The first-order valence-electron chi connectivity index (χ1n) is 6.39. The normalized spacial score (nSPS) is 11.7. The number of hydrogen-bond donors (Lipinski definition) is 1. The quantitative estimate of drug-likeness (QED) is 0.913.